The summed E-state index contributed by atoms with van der Waals surface area (Å²) >= 11 is 0. The fourth-order valence-electron chi connectivity index (χ4n) is 2.58. The van der Waals surface area contributed by atoms with Crippen molar-refractivity contribution in [1.29, 1.82) is 0 Å². The molecule has 1 heterocycles. The molecule has 1 saturated heterocycles. The largest absolute Gasteiger partial charge is 0.496 e. The molecule has 1 N–H and O–H groups in total. The summed E-state index contributed by atoms with van der Waals surface area (Å²) < 4.78 is 5.42. The molecule has 1 unspecified atom stereocenters. The Morgan fingerprint density at radius 3 is 2.82 bits per heavy atom. The normalized spacial score (nSPS) is 19.9. The second kappa shape index (κ2) is 5.54. The zero-order valence-corrected chi connectivity index (χ0v) is 11.1. The number of hydrogen-bond donors (Lipinski definition) is 1. The quantitative estimate of drug-likeness (QED) is 0.863. The Bertz CT molecular complexity index is 367. The van der Waals surface area contributed by atoms with Gasteiger partial charge in [0.15, 0.2) is 0 Å². The highest BCUT2D eigenvalue weighted by Gasteiger charge is 2.16. The SMILES string of the molecule is COc1ccc(CC2CCNC2)cc1C(C)C. The maximum Gasteiger partial charge on any atom is 0.122 e. The number of nitrogens with one attached hydrogen (secondary N) is 1. The molecular formula is C15H23NO. The van der Waals surface area contributed by atoms with E-state index in [1.807, 2.05) is 0 Å². The minimum absolute atomic E-state index is 0.520. The lowest BCUT2D eigenvalue weighted by Gasteiger charge is -2.15. The molecule has 0 radical (unpaired) electrons. The second-order valence-corrected chi connectivity index (χ2v) is 5.29. The number of benzene rings is 1. The first-order chi connectivity index (χ1) is 8.20. The molecule has 1 aromatic rings. The molecule has 1 fully saturated rings. The molecule has 0 aromatic heterocycles. The van der Waals surface area contributed by atoms with Gasteiger partial charge in [0.2, 0.25) is 0 Å². The molecule has 2 nitrogen and oxygen atoms in total. The molecule has 94 valence electrons. The molecule has 1 aliphatic rings. The summed E-state index contributed by atoms with van der Waals surface area (Å²) in [6.45, 7) is 6.79. The van der Waals surface area contributed by atoms with Crippen LogP contribution >= 0.6 is 0 Å². The van der Waals surface area contributed by atoms with Gasteiger partial charge in [0.1, 0.15) is 5.75 Å². The van der Waals surface area contributed by atoms with Crippen LogP contribution in [0.25, 0.3) is 0 Å². The van der Waals surface area contributed by atoms with Crippen molar-refractivity contribution in [2.24, 2.45) is 5.92 Å². The number of methoxy groups -OCH3 is 1. The lowest BCUT2D eigenvalue weighted by atomic mass is 9.94. The molecule has 17 heavy (non-hydrogen) atoms. The fourth-order valence-corrected chi connectivity index (χ4v) is 2.58. The first-order valence-corrected chi connectivity index (χ1v) is 6.58. The zero-order chi connectivity index (χ0) is 12.3. The van der Waals surface area contributed by atoms with E-state index in [2.05, 4.69) is 37.4 Å². The van der Waals surface area contributed by atoms with Gasteiger partial charge >= 0.3 is 0 Å². The molecule has 2 rings (SSSR count). The third-order valence-corrected chi connectivity index (χ3v) is 3.60. The predicted molar refractivity (Wildman–Crippen MR) is 71.8 cm³/mol. The standard InChI is InChI=1S/C15H23NO/c1-11(2)14-9-12(4-5-15(14)17-3)8-13-6-7-16-10-13/h4-5,9,11,13,16H,6-8,10H2,1-3H3. The van der Waals surface area contributed by atoms with Crippen LogP contribution in [0.3, 0.4) is 0 Å². The highest BCUT2D eigenvalue weighted by Crippen LogP contribution is 2.28. The average Bonchev–Trinajstić information content (AvgIpc) is 2.81. The first-order valence-electron chi connectivity index (χ1n) is 6.58. The third kappa shape index (κ3) is 3.01. The highest BCUT2D eigenvalue weighted by atomic mass is 16.5. The highest BCUT2D eigenvalue weighted by molar-refractivity contribution is 5.39. The Morgan fingerprint density at radius 2 is 2.24 bits per heavy atom. The molecule has 0 bridgehead atoms. The number of hydrogen-bond acceptors (Lipinski definition) is 2. The van der Waals surface area contributed by atoms with Gasteiger partial charge in [0.05, 0.1) is 7.11 Å². The lowest BCUT2D eigenvalue weighted by Crippen LogP contribution is -2.11. The predicted octanol–water partition coefficient (Wildman–Crippen LogP) is 2.97. The van der Waals surface area contributed by atoms with Crippen LogP contribution in [0.15, 0.2) is 18.2 Å². The van der Waals surface area contributed by atoms with Crippen molar-refractivity contribution in [1.82, 2.24) is 5.32 Å². The number of ether oxygens (including phenoxy) is 1. The number of rotatable bonds is 4. The lowest BCUT2D eigenvalue weighted by molar-refractivity contribution is 0.407. The monoisotopic (exact) mass is 233 g/mol. The van der Waals surface area contributed by atoms with E-state index < -0.39 is 0 Å². The van der Waals surface area contributed by atoms with Crippen LogP contribution in [0, 0.1) is 5.92 Å². The van der Waals surface area contributed by atoms with Crippen LogP contribution < -0.4 is 10.1 Å². The van der Waals surface area contributed by atoms with Crippen molar-refractivity contribution >= 4 is 0 Å². The van der Waals surface area contributed by atoms with Crippen LogP contribution in [-0.2, 0) is 6.42 Å². The van der Waals surface area contributed by atoms with E-state index in [0.29, 0.717) is 5.92 Å². The van der Waals surface area contributed by atoms with E-state index in [-0.39, 0.29) is 0 Å². The molecule has 1 atom stereocenters. The summed E-state index contributed by atoms with van der Waals surface area (Å²) in [4.78, 5) is 0. The van der Waals surface area contributed by atoms with Gasteiger partial charge in [-0.3, -0.25) is 0 Å². The van der Waals surface area contributed by atoms with Gasteiger partial charge in [-0.2, -0.15) is 0 Å². The van der Waals surface area contributed by atoms with Crippen LogP contribution in [0.1, 0.15) is 37.3 Å². The Kier molecular flexibility index (Phi) is 4.06. The van der Waals surface area contributed by atoms with Crippen LogP contribution in [0.2, 0.25) is 0 Å². The Morgan fingerprint density at radius 1 is 1.41 bits per heavy atom. The molecule has 0 amide bonds. The smallest absolute Gasteiger partial charge is 0.122 e. The summed E-state index contributed by atoms with van der Waals surface area (Å²) in [5.74, 6) is 2.35. The molecular weight excluding hydrogens is 210 g/mol. The van der Waals surface area contributed by atoms with Gasteiger partial charge in [0.25, 0.3) is 0 Å². The summed E-state index contributed by atoms with van der Waals surface area (Å²) in [7, 11) is 1.75. The Balaban J connectivity index is 2.14. The van der Waals surface area contributed by atoms with Crippen molar-refractivity contribution in [2.45, 2.75) is 32.6 Å². The summed E-state index contributed by atoms with van der Waals surface area (Å²) in [6, 6.07) is 6.65. The topological polar surface area (TPSA) is 21.3 Å². The second-order valence-electron chi connectivity index (χ2n) is 5.29. The molecule has 1 aromatic carbocycles. The third-order valence-electron chi connectivity index (χ3n) is 3.60. The summed E-state index contributed by atoms with van der Waals surface area (Å²) in [5, 5.41) is 3.43. The van der Waals surface area contributed by atoms with Crippen molar-refractivity contribution < 1.29 is 4.74 Å². The molecule has 0 saturated carbocycles. The van der Waals surface area contributed by atoms with Crippen molar-refractivity contribution in [2.75, 3.05) is 20.2 Å². The minimum atomic E-state index is 0.520. The van der Waals surface area contributed by atoms with Crippen LogP contribution in [0.4, 0.5) is 0 Å². The molecule has 2 heteroatoms. The molecule has 1 aliphatic heterocycles. The van der Waals surface area contributed by atoms with Gasteiger partial charge in [-0.1, -0.05) is 26.0 Å². The van der Waals surface area contributed by atoms with Gasteiger partial charge in [-0.15, -0.1) is 0 Å². The molecule has 0 aliphatic carbocycles. The van der Waals surface area contributed by atoms with E-state index >= 15 is 0 Å². The maximum absolute atomic E-state index is 5.42. The fraction of sp³-hybridized carbons (Fsp3) is 0.600. The summed E-state index contributed by atoms with van der Waals surface area (Å²) in [5.41, 5.74) is 2.78. The zero-order valence-electron chi connectivity index (χ0n) is 11.1. The van der Waals surface area contributed by atoms with Gasteiger partial charge in [-0.05, 0) is 55.0 Å². The summed E-state index contributed by atoms with van der Waals surface area (Å²) in [6.07, 6.45) is 2.50. The Hall–Kier alpha value is -1.02. The minimum Gasteiger partial charge on any atom is -0.496 e. The van der Waals surface area contributed by atoms with E-state index in [1.54, 1.807) is 7.11 Å². The van der Waals surface area contributed by atoms with E-state index in [9.17, 15) is 0 Å². The van der Waals surface area contributed by atoms with Crippen LogP contribution in [-0.4, -0.2) is 20.2 Å². The van der Waals surface area contributed by atoms with Crippen molar-refractivity contribution in [3.05, 3.63) is 29.3 Å². The van der Waals surface area contributed by atoms with E-state index in [4.69, 9.17) is 4.74 Å². The maximum atomic E-state index is 5.42. The van der Waals surface area contributed by atoms with Crippen molar-refractivity contribution in [3.8, 4) is 5.75 Å². The van der Waals surface area contributed by atoms with E-state index in [0.717, 1.165) is 11.7 Å². The molecule has 0 spiro atoms. The van der Waals surface area contributed by atoms with E-state index in [1.165, 1.54) is 37.1 Å². The van der Waals surface area contributed by atoms with Gasteiger partial charge in [-0.25, -0.2) is 0 Å². The first kappa shape index (κ1) is 12.4. The van der Waals surface area contributed by atoms with Gasteiger partial charge < -0.3 is 10.1 Å². The van der Waals surface area contributed by atoms with Crippen LogP contribution in [0.5, 0.6) is 5.75 Å². The average molecular weight is 233 g/mol. The van der Waals surface area contributed by atoms with Gasteiger partial charge in [0, 0.05) is 0 Å². The van der Waals surface area contributed by atoms with Crippen molar-refractivity contribution in [3.63, 3.8) is 0 Å². The Labute approximate surface area is 104 Å².